The van der Waals surface area contributed by atoms with E-state index in [4.69, 9.17) is 4.74 Å². The largest absolute Gasteiger partial charge is 0.377 e. The molecule has 1 rings (SSSR count). The van der Waals surface area contributed by atoms with E-state index in [1.165, 1.54) is 19.3 Å². The summed E-state index contributed by atoms with van der Waals surface area (Å²) in [6, 6.07) is 0. The van der Waals surface area contributed by atoms with Gasteiger partial charge in [0.1, 0.15) is 0 Å². The highest BCUT2D eigenvalue weighted by Crippen LogP contribution is 2.11. The zero-order chi connectivity index (χ0) is 11.1. The molecule has 1 aliphatic rings. The molecule has 0 saturated carbocycles. The second-order valence-electron chi connectivity index (χ2n) is 4.29. The Morgan fingerprint density at radius 3 is 2.93 bits per heavy atom. The molecule has 1 N–H and O–H groups in total. The molecule has 0 amide bonds. The van der Waals surface area contributed by atoms with Gasteiger partial charge in [0.15, 0.2) is 0 Å². The summed E-state index contributed by atoms with van der Waals surface area (Å²) in [5, 5.41) is 3.68. The molecule has 15 heavy (non-hydrogen) atoms. The van der Waals surface area contributed by atoms with E-state index in [1.807, 2.05) is 6.92 Å². The molecular formula is C11H23NO2S. The van der Waals surface area contributed by atoms with Gasteiger partial charge >= 0.3 is 0 Å². The number of rotatable bonds is 6. The van der Waals surface area contributed by atoms with Gasteiger partial charge in [0.2, 0.25) is 0 Å². The van der Waals surface area contributed by atoms with Crippen LogP contribution in [0.3, 0.4) is 0 Å². The van der Waals surface area contributed by atoms with E-state index in [0.29, 0.717) is 11.4 Å². The molecule has 1 saturated heterocycles. The van der Waals surface area contributed by atoms with Crippen LogP contribution in [0.1, 0.15) is 32.6 Å². The van der Waals surface area contributed by atoms with E-state index in [0.717, 1.165) is 26.1 Å². The van der Waals surface area contributed by atoms with Crippen molar-refractivity contribution in [3.05, 3.63) is 0 Å². The van der Waals surface area contributed by atoms with Crippen molar-refractivity contribution in [1.82, 2.24) is 5.32 Å². The van der Waals surface area contributed by atoms with Crippen LogP contribution in [-0.2, 0) is 15.5 Å². The summed E-state index contributed by atoms with van der Waals surface area (Å²) >= 11 is 0. The molecule has 3 nitrogen and oxygen atoms in total. The van der Waals surface area contributed by atoms with Crippen LogP contribution < -0.4 is 5.32 Å². The van der Waals surface area contributed by atoms with Crippen molar-refractivity contribution in [3.8, 4) is 0 Å². The molecule has 0 bridgehead atoms. The molecule has 1 fully saturated rings. The van der Waals surface area contributed by atoms with Crippen LogP contribution >= 0.6 is 0 Å². The first-order valence-corrected chi connectivity index (χ1v) is 7.47. The second-order valence-corrected chi connectivity index (χ2v) is 6.09. The third kappa shape index (κ3) is 5.64. The topological polar surface area (TPSA) is 38.3 Å². The molecule has 4 heteroatoms. The average molecular weight is 233 g/mol. The Labute approximate surface area is 95.4 Å². The minimum Gasteiger partial charge on any atom is -0.377 e. The lowest BCUT2D eigenvalue weighted by Crippen LogP contribution is -2.33. The van der Waals surface area contributed by atoms with Crippen molar-refractivity contribution in [2.45, 2.75) is 44.0 Å². The number of ether oxygens (including phenoxy) is 1. The predicted molar refractivity (Wildman–Crippen MR) is 64.6 cm³/mol. The van der Waals surface area contributed by atoms with E-state index in [9.17, 15) is 4.21 Å². The Bertz CT molecular complexity index is 193. The zero-order valence-corrected chi connectivity index (χ0v) is 10.6. The molecule has 3 unspecified atom stereocenters. The Kier molecular flexibility index (Phi) is 6.45. The smallest absolute Gasteiger partial charge is 0.0699 e. The maximum absolute atomic E-state index is 11.1. The van der Waals surface area contributed by atoms with Crippen LogP contribution in [0.25, 0.3) is 0 Å². The van der Waals surface area contributed by atoms with Gasteiger partial charge in [-0.2, -0.15) is 0 Å². The number of nitrogens with one attached hydrogen (secondary N) is 1. The first-order valence-electron chi connectivity index (χ1n) is 5.84. The summed E-state index contributed by atoms with van der Waals surface area (Å²) in [6.07, 6.45) is 6.85. The van der Waals surface area contributed by atoms with Gasteiger partial charge in [0, 0.05) is 35.5 Å². The van der Waals surface area contributed by atoms with Crippen molar-refractivity contribution in [2.24, 2.45) is 0 Å². The molecular weight excluding hydrogens is 210 g/mol. The van der Waals surface area contributed by atoms with E-state index < -0.39 is 10.8 Å². The molecule has 0 aromatic rings. The van der Waals surface area contributed by atoms with Crippen molar-refractivity contribution in [1.29, 1.82) is 0 Å². The van der Waals surface area contributed by atoms with E-state index in [2.05, 4.69) is 5.32 Å². The summed E-state index contributed by atoms with van der Waals surface area (Å²) in [7, 11) is -0.690. The van der Waals surface area contributed by atoms with Crippen LogP contribution in [0.5, 0.6) is 0 Å². The fraction of sp³-hybridized carbons (Fsp3) is 1.00. The van der Waals surface area contributed by atoms with E-state index >= 15 is 0 Å². The summed E-state index contributed by atoms with van der Waals surface area (Å²) in [5.41, 5.74) is 0. The third-order valence-electron chi connectivity index (χ3n) is 2.94. The minimum absolute atomic E-state index is 0.296. The quantitative estimate of drug-likeness (QED) is 0.703. The fourth-order valence-electron chi connectivity index (χ4n) is 1.70. The van der Waals surface area contributed by atoms with Gasteiger partial charge < -0.3 is 10.1 Å². The van der Waals surface area contributed by atoms with Crippen molar-refractivity contribution >= 4 is 10.8 Å². The third-order valence-corrected chi connectivity index (χ3v) is 4.31. The van der Waals surface area contributed by atoms with Gasteiger partial charge in [-0.05, 0) is 32.2 Å². The van der Waals surface area contributed by atoms with Crippen LogP contribution in [0.2, 0.25) is 0 Å². The Hall–Kier alpha value is 0.0700. The van der Waals surface area contributed by atoms with Gasteiger partial charge in [-0.3, -0.25) is 4.21 Å². The predicted octanol–water partition coefficient (Wildman–Crippen LogP) is 1.30. The molecule has 90 valence electrons. The van der Waals surface area contributed by atoms with Crippen molar-refractivity contribution in [2.75, 3.05) is 26.0 Å². The Balaban J connectivity index is 1.98. The molecule has 0 spiro atoms. The molecule has 0 aliphatic carbocycles. The second kappa shape index (κ2) is 7.36. The summed E-state index contributed by atoms with van der Waals surface area (Å²) in [4.78, 5) is 0. The van der Waals surface area contributed by atoms with Crippen molar-refractivity contribution in [3.63, 3.8) is 0 Å². The molecule has 1 aliphatic heterocycles. The SMILES string of the molecule is CC(CCNCC1CCCCO1)S(C)=O. The Morgan fingerprint density at radius 2 is 2.33 bits per heavy atom. The highest BCUT2D eigenvalue weighted by atomic mass is 32.2. The number of hydrogen-bond donors (Lipinski definition) is 1. The molecule has 0 aromatic heterocycles. The average Bonchev–Trinajstić information content (AvgIpc) is 2.25. The summed E-state index contributed by atoms with van der Waals surface area (Å²) in [5.74, 6) is 0. The lowest BCUT2D eigenvalue weighted by atomic mass is 10.1. The standard InChI is InChI=1S/C11H23NO2S/c1-10(15(2)13)6-7-12-9-11-5-3-4-8-14-11/h10-12H,3-9H2,1-2H3. The van der Waals surface area contributed by atoms with Crippen LogP contribution in [0.4, 0.5) is 0 Å². The molecule has 0 aromatic carbocycles. The normalized spacial score (nSPS) is 26.1. The van der Waals surface area contributed by atoms with Gasteiger partial charge in [-0.1, -0.05) is 6.92 Å². The minimum atomic E-state index is -0.690. The van der Waals surface area contributed by atoms with Gasteiger partial charge in [0.05, 0.1) is 6.10 Å². The zero-order valence-electron chi connectivity index (χ0n) is 9.83. The number of hydrogen-bond acceptors (Lipinski definition) is 3. The van der Waals surface area contributed by atoms with Gasteiger partial charge in [-0.25, -0.2) is 0 Å². The summed E-state index contributed by atoms with van der Waals surface area (Å²) < 4.78 is 16.7. The maximum Gasteiger partial charge on any atom is 0.0699 e. The highest BCUT2D eigenvalue weighted by Gasteiger charge is 2.13. The van der Waals surface area contributed by atoms with E-state index in [-0.39, 0.29) is 0 Å². The molecule has 1 heterocycles. The lowest BCUT2D eigenvalue weighted by Gasteiger charge is -2.23. The first kappa shape index (κ1) is 13.1. The summed E-state index contributed by atoms with van der Waals surface area (Å²) in [6.45, 7) is 4.85. The molecule has 0 radical (unpaired) electrons. The van der Waals surface area contributed by atoms with Crippen LogP contribution in [-0.4, -0.2) is 41.5 Å². The first-order chi connectivity index (χ1) is 7.20. The maximum atomic E-state index is 11.1. The van der Waals surface area contributed by atoms with Gasteiger partial charge in [-0.15, -0.1) is 0 Å². The fourth-order valence-corrected chi connectivity index (χ4v) is 2.15. The Morgan fingerprint density at radius 1 is 1.53 bits per heavy atom. The molecule has 3 atom stereocenters. The van der Waals surface area contributed by atoms with Crippen LogP contribution in [0.15, 0.2) is 0 Å². The monoisotopic (exact) mass is 233 g/mol. The van der Waals surface area contributed by atoms with Crippen molar-refractivity contribution < 1.29 is 8.95 Å². The van der Waals surface area contributed by atoms with Gasteiger partial charge in [0.25, 0.3) is 0 Å². The van der Waals surface area contributed by atoms with Crippen LogP contribution in [0, 0.1) is 0 Å². The highest BCUT2D eigenvalue weighted by molar-refractivity contribution is 7.84. The lowest BCUT2D eigenvalue weighted by molar-refractivity contribution is 0.0170. The van der Waals surface area contributed by atoms with E-state index in [1.54, 1.807) is 6.26 Å².